The monoisotopic (exact) mass is 706 g/mol. The Balaban J connectivity index is 1.52. The maximum absolute atomic E-state index is 15.0. The number of halogens is 3. The van der Waals surface area contributed by atoms with E-state index in [0.717, 1.165) is 38.4 Å². The number of carbonyl (C=O) groups is 1. The summed E-state index contributed by atoms with van der Waals surface area (Å²) in [7, 11) is -3.22. The van der Waals surface area contributed by atoms with Gasteiger partial charge < -0.3 is 24.6 Å². The molecule has 0 saturated carbocycles. The number of pyridine rings is 1. The average molecular weight is 707 g/mol. The third kappa shape index (κ3) is 6.39. The molecule has 4 aromatic rings. The number of hydrogen-bond donors (Lipinski definition) is 1. The number of anilines is 3. The molecule has 1 aromatic heterocycles. The first kappa shape index (κ1) is 34.5. The van der Waals surface area contributed by atoms with E-state index in [0.29, 0.717) is 15.7 Å². The average Bonchev–Trinajstić information content (AvgIpc) is 3.38. The van der Waals surface area contributed by atoms with Crippen molar-refractivity contribution in [1.82, 2.24) is 9.88 Å². The molecule has 260 valence electrons. The molecule has 0 radical (unpaired) electrons. The van der Waals surface area contributed by atoms with Crippen molar-refractivity contribution in [1.29, 1.82) is 5.26 Å². The van der Waals surface area contributed by atoms with Crippen LogP contribution in [0.25, 0.3) is 0 Å². The van der Waals surface area contributed by atoms with E-state index in [4.69, 9.17) is 9.47 Å². The van der Waals surface area contributed by atoms with Crippen LogP contribution in [0.5, 0.6) is 11.6 Å². The van der Waals surface area contributed by atoms with Crippen molar-refractivity contribution in [3.8, 4) is 17.7 Å². The van der Waals surface area contributed by atoms with Gasteiger partial charge in [0.2, 0.25) is 5.88 Å². The van der Waals surface area contributed by atoms with Gasteiger partial charge in [-0.1, -0.05) is 6.92 Å². The molecule has 11 nitrogen and oxygen atoms in total. The molecule has 3 aromatic carbocycles. The molecule has 50 heavy (non-hydrogen) atoms. The SMILES string of the molecule is CCN1CCN(c2ccc(NC3(c4cccnc4OCC(F)(F)F)C(=O)N(S(=O)(=O)c4ccc(OC)cc4)c4ccc(C#N)cc43)cc2)CC1. The zero-order valence-electron chi connectivity index (χ0n) is 27.1. The third-order valence-electron chi connectivity index (χ3n) is 8.78. The summed E-state index contributed by atoms with van der Waals surface area (Å²) in [6, 6.07) is 21.3. The lowest BCUT2D eigenvalue weighted by Gasteiger charge is -2.36. The van der Waals surface area contributed by atoms with Crippen molar-refractivity contribution in [3.05, 3.63) is 102 Å². The van der Waals surface area contributed by atoms with Crippen LogP contribution in [0, 0.1) is 11.3 Å². The van der Waals surface area contributed by atoms with Crippen LogP contribution >= 0.6 is 0 Å². The maximum atomic E-state index is 15.0. The van der Waals surface area contributed by atoms with Gasteiger partial charge in [-0.2, -0.15) is 22.7 Å². The third-order valence-corrected chi connectivity index (χ3v) is 10.5. The van der Waals surface area contributed by atoms with Crippen LogP contribution in [0.15, 0.2) is 90.0 Å². The summed E-state index contributed by atoms with van der Waals surface area (Å²) < 4.78 is 79.8. The van der Waals surface area contributed by atoms with E-state index < -0.39 is 40.1 Å². The van der Waals surface area contributed by atoms with Crippen molar-refractivity contribution in [2.45, 2.75) is 23.5 Å². The lowest BCUT2D eigenvalue weighted by atomic mass is 9.83. The molecule has 6 rings (SSSR count). The second-order valence-corrected chi connectivity index (χ2v) is 13.5. The molecule has 1 fully saturated rings. The number of nitrogens with one attached hydrogen (secondary N) is 1. The molecule has 0 aliphatic carbocycles. The zero-order valence-corrected chi connectivity index (χ0v) is 28.0. The minimum atomic E-state index is -4.75. The molecule has 0 spiro atoms. The van der Waals surface area contributed by atoms with E-state index in [9.17, 15) is 26.9 Å². The Labute approximate surface area is 287 Å². The van der Waals surface area contributed by atoms with Gasteiger partial charge in [0, 0.05) is 49.3 Å². The van der Waals surface area contributed by atoms with Crippen molar-refractivity contribution in [3.63, 3.8) is 0 Å². The molecular formula is C35H33F3N6O5S. The standard InChI is InChI=1S/C35H33F3N6O5S/c1-3-42-17-19-43(20-18-42)26-9-7-25(8-10-26)41-35(29-5-4-16-40-32(29)49-23-34(36,37)38)30-21-24(22-39)6-15-31(30)44(33(35)45)50(46,47)28-13-11-27(48-2)12-14-28/h4-16,21,41H,3,17-20,23H2,1-2H3. The number of fused-ring (bicyclic) bond motifs is 1. The molecule has 1 unspecified atom stereocenters. The first-order valence-corrected chi connectivity index (χ1v) is 17.1. The Kier molecular flexibility index (Phi) is 9.34. The number of ether oxygens (including phenoxy) is 2. The van der Waals surface area contributed by atoms with Gasteiger partial charge in [-0.05, 0) is 85.4 Å². The number of nitriles is 1. The highest BCUT2D eigenvalue weighted by Crippen LogP contribution is 2.51. The number of sulfonamides is 1. The number of piperazine rings is 1. The van der Waals surface area contributed by atoms with E-state index >= 15 is 4.79 Å². The minimum absolute atomic E-state index is 0.00302. The van der Waals surface area contributed by atoms with E-state index in [1.807, 2.05) is 18.2 Å². The molecule has 2 aliphatic rings. The lowest BCUT2D eigenvalue weighted by molar-refractivity contribution is -0.154. The number of amides is 1. The topological polar surface area (TPSA) is 128 Å². The molecule has 1 atom stereocenters. The number of rotatable bonds is 10. The van der Waals surface area contributed by atoms with E-state index in [2.05, 4.69) is 27.0 Å². The van der Waals surface area contributed by atoms with Gasteiger partial charge in [-0.15, -0.1) is 0 Å². The van der Waals surface area contributed by atoms with E-state index in [1.165, 1.54) is 67.9 Å². The van der Waals surface area contributed by atoms with Gasteiger partial charge in [0.1, 0.15) is 5.75 Å². The lowest BCUT2D eigenvalue weighted by Crippen LogP contribution is -2.49. The number of benzene rings is 3. The van der Waals surface area contributed by atoms with Gasteiger partial charge in [0.25, 0.3) is 15.9 Å². The summed E-state index contributed by atoms with van der Waals surface area (Å²) in [5.74, 6) is -1.24. The van der Waals surface area contributed by atoms with Gasteiger partial charge in [-0.25, -0.2) is 13.4 Å². The van der Waals surface area contributed by atoms with Crippen molar-refractivity contribution >= 4 is 33.0 Å². The molecule has 0 bridgehead atoms. The van der Waals surface area contributed by atoms with Crippen LogP contribution in [0.3, 0.4) is 0 Å². The van der Waals surface area contributed by atoms with Crippen molar-refractivity contribution in [2.24, 2.45) is 0 Å². The second kappa shape index (κ2) is 13.5. The Morgan fingerprint density at radius 2 is 1.68 bits per heavy atom. The predicted octanol–water partition coefficient (Wildman–Crippen LogP) is 5.14. The molecule has 2 aliphatic heterocycles. The molecular weight excluding hydrogens is 673 g/mol. The number of methoxy groups -OCH3 is 1. The van der Waals surface area contributed by atoms with Gasteiger partial charge >= 0.3 is 6.18 Å². The van der Waals surface area contributed by atoms with Gasteiger partial charge in [0.05, 0.1) is 34.9 Å². The summed E-state index contributed by atoms with van der Waals surface area (Å²) in [4.78, 5) is 23.4. The molecule has 1 amide bonds. The van der Waals surface area contributed by atoms with Crippen LogP contribution < -0.4 is 24.0 Å². The van der Waals surface area contributed by atoms with E-state index in [1.54, 1.807) is 12.1 Å². The van der Waals surface area contributed by atoms with Gasteiger partial charge in [-0.3, -0.25) is 4.79 Å². The quantitative estimate of drug-likeness (QED) is 0.237. The first-order chi connectivity index (χ1) is 23.9. The highest BCUT2D eigenvalue weighted by atomic mass is 32.2. The highest BCUT2D eigenvalue weighted by molar-refractivity contribution is 7.93. The molecule has 3 heterocycles. The van der Waals surface area contributed by atoms with Crippen LogP contribution in [0.2, 0.25) is 0 Å². The highest BCUT2D eigenvalue weighted by Gasteiger charge is 2.58. The van der Waals surface area contributed by atoms with Crippen LogP contribution in [0.4, 0.5) is 30.2 Å². The Morgan fingerprint density at radius 3 is 2.30 bits per heavy atom. The van der Waals surface area contributed by atoms with Gasteiger partial charge in [0.15, 0.2) is 12.1 Å². The number of carbonyl (C=O) groups excluding carboxylic acids is 1. The largest absolute Gasteiger partial charge is 0.497 e. The summed E-state index contributed by atoms with van der Waals surface area (Å²) in [5.41, 5.74) is -1.16. The first-order valence-electron chi connectivity index (χ1n) is 15.7. The Morgan fingerprint density at radius 1 is 0.980 bits per heavy atom. The number of aromatic nitrogens is 1. The zero-order chi connectivity index (χ0) is 35.7. The second-order valence-electron chi connectivity index (χ2n) is 11.7. The smallest absolute Gasteiger partial charge is 0.422 e. The minimum Gasteiger partial charge on any atom is -0.497 e. The molecule has 1 N–H and O–H groups in total. The fourth-order valence-electron chi connectivity index (χ4n) is 6.24. The fourth-order valence-corrected chi connectivity index (χ4v) is 7.70. The van der Waals surface area contributed by atoms with Crippen LogP contribution in [-0.2, 0) is 20.4 Å². The molecule has 1 saturated heterocycles. The van der Waals surface area contributed by atoms with E-state index in [-0.39, 0.29) is 27.3 Å². The normalized spacial score (nSPS) is 18.0. The predicted molar refractivity (Wildman–Crippen MR) is 180 cm³/mol. The molecule has 15 heteroatoms. The summed E-state index contributed by atoms with van der Waals surface area (Å²) >= 11 is 0. The fraction of sp³-hybridized carbons (Fsp3) is 0.286. The maximum Gasteiger partial charge on any atom is 0.422 e. The van der Waals surface area contributed by atoms with Crippen molar-refractivity contribution < 1.29 is 35.9 Å². The Bertz CT molecular complexity index is 2030. The summed E-state index contributed by atoms with van der Waals surface area (Å²) in [5, 5.41) is 13.0. The summed E-state index contributed by atoms with van der Waals surface area (Å²) in [6.07, 6.45) is -3.54. The number of likely N-dealkylation sites (N-methyl/N-ethyl adjacent to an activating group) is 1. The number of alkyl halides is 3. The Hall–Kier alpha value is -5.33. The number of nitrogens with zero attached hydrogens (tertiary/aromatic N) is 5. The van der Waals surface area contributed by atoms with Crippen LogP contribution in [-0.4, -0.2) is 76.8 Å². The number of hydrogen-bond acceptors (Lipinski definition) is 10. The summed E-state index contributed by atoms with van der Waals surface area (Å²) in [6.45, 7) is 4.75. The van der Waals surface area contributed by atoms with Crippen molar-refractivity contribution in [2.75, 3.05) is 61.0 Å². The van der Waals surface area contributed by atoms with Crippen LogP contribution in [0.1, 0.15) is 23.6 Å².